The Morgan fingerprint density at radius 1 is 1.02 bits per heavy atom. The van der Waals surface area contributed by atoms with Crippen LogP contribution in [0.25, 0.3) is 11.8 Å². The lowest BCUT2D eigenvalue weighted by atomic mass is 9.95. The molecule has 0 saturated carbocycles. The summed E-state index contributed by atoms with van der Waals surface area (Å²) in [5, 5.41) is 0. The fraction of sp³-hybridized carbons (Fsp3) is 0.256. The predicted molar refractivity (Wildman–Crippen MR) is 189 cm³/mol. The summed E-state index contributed by atoms with van der Waals surface area (Å²) in [4.78, 5) is 32.9. The molecule has 0 unspecified atom stereocenters. The van der Waals surface area contributed by atoms with Gasteiger partial charge in [0.25, 0.3) is 5.56 Å². The number of rotatable bonds is 10. The Morgan fingerprint density at radius 2 is 1.73 bits per heavy atom. The Bertz CT molecular complexity index is 2230. The van der Waals surface area contributed by atoms with Crippen LogP contribution in [0.15, 0.2) is 99.9 Å². The SMILES string of the molecule is CCOC(=O)C1=C(C)N=c2s/c(=C\c3cc(C)n(-c4ccc(OCc5ccc(F)cc5)cc4)c3C)c(=O)n2[C@@H]1c1ccccc1OC(C)C. The van der Waals surface area contributed by atoms with Gasteiger partial charge in [-0.1, -0.05) is 41.7 Å². The smallest absolute Gasteiger partial charge is 0.338 e. The van der Waals surface area contributed by atoms with Crippen LogP contribution in [0.2, 0.25) is 0 Å². The van der Waals surface area contributed by atoms with Crippen LogP contribution >= 0.6 is 11.3 Å². The zero-order chi connectivity index (χ0) is 34.8. The van der Waals surface area contributed by atoms with E-state index in [4.69, 9.17) is 19.2 Å². The van der Waals surface area contributed by atoms with Crippen molar-refractivity contribution in [2.75, 3.05) is 6.61 Å². The topological polar surface area (TPSA) is 84.0 Å². The van der Waals surface area contributed by atoms with Crippen molar-refractivity contribution in [2.24, 2.45) is 4.99 Å². The largest absolute Gasteiger partial charge is 0.491 e. The molecular weight excluding hydrogens is 642 g/mol. The van der Waals surface area contributed by atoms with Gasteiger partial charge in [-0.2, -0.15) is 0 Å². The van der Waals surface area contributed by atoms with Gasteiger partial charge in [0, 0.05) is 22.6 Å². The molecule has 6 rings (SSSR count). The molecule has 252 valence electrons. The molecule has 1 aliphatic rings. The molecule has 8 nitrogen and oxygen atoms in total. The number of thiazole rings is 1. The van der Waals surface area contributed by atoms with Crippen molar-refractivity contribution in [3.05, 3.63) is 144 Å². The third-order valence-electron chi connectivity index (χ3n) is 8.26. The molecule has 3 heterocycles. The molecule has 0 saturated heterocycles. The second-order valence-electron chi connectivity index (χ2n) is 12.1. The lowest BCUT2D eigenvalue weighted by molar-refractivity contribution is -0.139. The number of ether oxygens (including phenoxy) is 3. The van der Waals surface area contributed by atoms with Crippen LogP contribution in [0, 0.1) is 19.7 Å². The first kappa shape index (κ1) is 33.7. The van der Waals surface area contributed by atoms with Crippen molar-refractivity contribution in [3.8, 4) is 17.2 Å². The standard InChI is InChI=1S/C39H38FN3O5S/c1-7-46-38(45)35-25(5)41-39-43(36(35)32-10-8-9-11-33(32)48-23(2)3)37(44)34(49-39)21-28-20-24(4)42(26(28)6)30-16-18-31(19-17-30)47-22-27-12-14-29(40)15-13-27/h8-21,23,36H,7,22H2,1-6H3/b34-21-/t36-/m1/s1. The molecule has 0 fully saturated rings. The molecule has 0 radical (unpaired) electrons. The summed E-state index contributed by atoms with van der Waals surface area (Å²) in [5.41, 5.74) is 5.90. The molecule has 0 bridgehead atoms. The number of nitrogens with zero attached hydrogens (tertiary/aromatic N) is 3. The summed E-state index contributed by atoms with van der Waals surface area (Å²) >= 11 is 1.29. The van der Waals surface area contributed by atoms with Crippen LogP contribution in [0.3, 0.4) is 0 Å². The molecular formula is C39H38FN3O5S. The van der Waals surface area contributed by atoms with E-state index in [0.29, 0.717) is 44.3 Å². The number of aryl methyl sites for hydroxylation is 1. The van der Waals surface area contributed by atoms with Gasteiger partial charge in [-0.05, 0) is 107 Å². The van der Waals surface area contributed by atoms with E-state index in [0.717, 1.165) is 28.2 Å². The molecule has 0 amide bonds. The number of carbonyl (C=O) groups excluding carboxylic acids is 1. The van der Waals surface area contributed by atoms with E-state index in [9.17, 15) is 14.0 Å². The molecule has 0 spiro atoms. The highest BCUT2D eigenvalue weighted by Gasteiger charge is 2.35. The molecule has 49 heavy (non-hydrogen) atoms. The maximum Gasteiger partial charge on any atom is 0.338 e. The van der Waals surface area contributed by atoms with Crippen molar-refractivity contribution in [1.29, 1.82) is 0 Å². The number of hydrogen-bond donors (Lipinski definition) is 0. The second-order valence-corrected chi connectivity index (χ2v) is 13.1. The second kappa shape index (κ2) is 14.1. The molecule has 2 aromatic heterocycles. The van der Waals surface area contributed by atoms with Gasteiger partial charge in [-0.3, -0.25) is 9.36 Å². The van der Waals surface area contributed by atoms with Crippen LogP contribution in [0.1, 0.15) is 61.8 Å². The maximum atomic E-state index is 14.3. The summed E-state index contributed by atoms with van der Waals surface area (Å²) in [6.45, 7) is 12.0. The molecule has 3 aromatic carbocycles. The first-order valence-electron chi connectivity index (χ1n) is 16.2. The zero-order valence-corrected chi connectivity index (χ0v) is 29.1. The van der Waals surface area contributed by atoms with Gasteiger partial charge in [0.15, 0.2) is 4.80 Å². The minimum Gasteiger partial charge on any atom is -0.491 e. The van der Waals surface area contributed by atoms with Gasteiger partial charge in [0.05, 0.1) is 28.5 Å². The predicted octanol–water partition coefficient (Wildman–Crippen LogP) is 6.71. The summed E-state index contributed by atoms with van der Waals surface area (Å²) < 4.78 is 35.0. The Kier molecular flexibility index (Phi) is 9.69. The first-order chi connectivity index (χ1) is 23.5. The summed E-state index contributed by atoms with van der Waals surface area (Å²) in [6, 6.07) is 22.8. The van der Waals surface area contributed by atoms with Gasteiger partial charge in [-0.15, -0.1) is 0 Å². The number of para-hydroxylation sites is 1. The minimum atomic E-state index is -0.774. The molecule has 0 N–H and O–H groups in total. The number of allylic oxidation sites excluding steroid dienone is 1. The third-order valence-corrected chi connectivity index (χ3v) is 9.25. The van der Waals surface area contributed by atoms with Crippen LogP contribution in [0.4, 0.5) is 4.39 Å². The molecule has 1 aliphatic heterocycles. The van der Waals surface area contributed by atoms with E-state index in [1.54, 1.807) is 30.5 Å². The minimum absolute atomic E-state index is 0.117. The molecule has 0 aliphatic carbocycles. The third kappa shape index (κ3) is 6.87. The van der Waals surface area contributed by atoms with E-state index in [1.807, 2.05) is 88.4 Å². The number of benzene rings is 3. The van der Waals surface area contributed by atoms with Gasteiger partial charge < -0.3 is 18.8 Å². The first-order valence-corrected chi connectivity index (χ1v) is 17.0. The normalized spacial score (nSPS) is 14.5. The van der Waals surface area contributed by atoms with Crippen LogP contribution in [-0.4, -0.2) is 27.8 Å². The average molecular weight is 680 g/mol. The number of aromatic nitrogens is 2. The molecule has 1 atom stereocenters. The van der Waals surface area contributed by atoms with Gasteiger partial charge in [0.1, 0.15) is 30.0 Å². The summed E-state index contributed by atoms with van der Waals surface area (Å²) in [5.74, 6) is 0.490. The van der Waals surface area contributed by atoms with Gasteiger partial charge in [-0.25, -0.2) is 14.2 Å². The summed E-state index contributed by atoms with van der Waals surface area (Å²) in [6.07, 6.45) is 1.77. The molecule has 5 aromatic rings. The van der Waals surface area contributed by atoms with Crippen molar-refractivity contribution in [3.63, 3.8) is 0 Å². The van der Waals surface area contributed by atoms with E-state index in [1.165, 1.54) is 23.5 Å². The Balaban J connectivity index is 1.37. The fourth-order valence-corrected chi connectivity index (χ4v) is 7.10. The Hall–Kier alpha value is -5.22. The van der Waals surface area contributed by atoms with E-state index < -0.39 is 12.0 Å². The zero-order valence-electron chi connectivity index (χ0n) is 28.3. The number of esters is 1. The van der Waals surface area contributed by atoms with Crippen molar-refractivity contribution >= 4 is 23.4 Å². The van der Waals surface area contributed by atoms with Crippen LogP contribution < -0.4 is 24.4 Å². The quantitative estimate of drug-likeness (QED) is 0.153. The van der Waals surface area contributed by atoms with E-state index in [2.05, 4.69) is 4.57 Å². The molecule has 10 heteroatoms. The lowest BCUT2D eigenvalue weighted by Crippen LogP contribution is -2.40. The average Bonchev–Trinajstić information content (AvgIpc) is 3.53. The van der Waals surface area contributed by atoms with Crippen molar-refractivity contribution in [2.45, 2.75) is 60.3 Å². The Labute approximate surface area is 288 Å². The van der Waals surface area contributed by atoms with Crippen LogP contribution in [0.5, 0.6) is 11.5 Å². The summed E-state index contributed by atoms with van der Waals surface area (Å²) in [7, 11) is 0. The fourth-order valence-electron chi connectivity index (χ4n) is 6.06. The maximum absolute atomic E-state index is 14.3. The number of halogens is 1. The highest BCUT2D eigenvalue weighted by Crippen LogP contribution is 2.36. The number of carbonyl (C=O) groups is 1. The van der Waals surface area contributed by atoms with Crippen molar-refractivity contribution < 1.29 is 23.4 Å². The van der Waals surface area contributed by atoms with E-state index in [-0.39, 0.29) is 24.1 Å². The van der Waals surface area contributed by atoms with Crippen molar-refractivity contribution in [1.82, 2.24) is 9.13 Å². The van der Waals surface area contributed by atoms with Gasteiger partial charge >= 0.3 is 5.97 Å². The van der Waals surface area contributed by atoms with E-state index >= 15 is 0 Å². The van der Waals surface area contributed by atoms with Gasteiger partial charge in [0.2, 0.25) is 0 Å². The number of hydrogen-bond acceptors (Lipinski definition) is 7. The monoisotopic (exact) mass is 679 g/mol. The number of fused-ring (bicyclic) bond motifs is 1. The van der Waals surface area contributed by atoms with Crippen LogP contribution in [-0.2, 0) is 16.1 Å². The highest BCUT2D eigenvalue weighted by atomic mass is 32.1. The highest BCUT2D eigenvalue weighted by molar-refractivity contribution is 7.07. The lowest BCUT2D eigenvalue weighted by Gasteiger charge is -2.26. The Morgan fingerprint density at radius 3 is 2.43 bits per heavy atom.